The average molecular weight is 238 g/mol. The molecule has 0 saturated carbocycles. The summed E-state index contributed by atoms with van der Waals surface area (Å²) in [5.74, 6) is 1.12. The Morgan fingerprint density at radius 1 is 1.59 bits per heavy atom. The highest BCUT2D eigenvalue weighted by Crippen LogP contribution is 2.32. The van der Waals surface area contributed by atoms with Gasteiger partial charge in [0.15, 0.2) is 0 Å². The SMILES string of the molecule is CCC1(c2nncn2CCOC)CCCNC1. The largest absolute Gasteiger partial charge is 0.383 e. The van der Waals surface area contributed by atoms with Crippen molar-refractivity contribution in [2.75, 3.05) is 26.8 Å². The van der Waals surface area contributed by atoms with Crippen LogP contribution in [0.1, 0.15) is 32.0 Å². The lowest BCUT2D eigenvalue weighted by atomic mass is 9.77. The molecule has 2 heterocycles. The molecule has 0 radical (unpaired) electrons. The van der Waals surface area contributed by atoms with E-state index in [9.17, 15) is 0 Å². The van der Waals surface area contributed by atoms with Crippen LogP contribution in [-0.2, 0) is 16.7 Å². The number of rotatable bonds is 5. The maximum atomic E-state index is 5.13. The van der Waals surface area contributed by atoms with Crippen LogP contribution in [0.2, 0.25) is 0 Å². The first kappa shape index (κ1) is 12.5. The zero-order chi connectivity index (χ0) is 12.1. The van der Waals surface area contributed by atoms with Gasteiger partial charge < -0.3 is 14.6 Å². The van der Waals surface area contributed by atoms with E-state index >= 15 is 0 Å². The molecule has 1 fully saturated rings. The maximum absolute atomic E-state index is 5.13. The van der Waals surface area contributed by atoms with Gasteiger partial charge in [0.1, 0.15) is 12.2 Å². The quantitative estimate of drug-likeness (QED) is 0.830. The van der Waals surface area contributed by atoms with Gasteiger partial charge in [-0.1, -0.05) is 6.92 Å². The van der Waals surface area contributed by atoms with E-state index in [0.717, 1.165) is 31.9 Å². The third-order valence-electron chi connectivity index (χ3n) is 3.78. The summed E-state index contributed by atoms with van der Waals surface area (Å²) in [4.78, 5) is 0. The number of nitrogens with one attached hydrogen (secondary N) is 1. The molecule has 1 aliphatic rings. The maximum Gasteiger partial charge on any atom is 0.140 e. The highest BCUT2D eigenvalue weighted by molar-refractivity contribution is 5.10. The van der Waals surface area contributed by atoms with E-state index < -0.39 is 0 Å². The molecule has 2 rings (SSSR count). The van der Waals surface area contributed by atoms with Gasteiger partial charge >= 0.3 is 0 Å². The van der Waals surface area contributed by atoms with Gasteiger partial charge in [0.25, 0.3) is 0 Å². The Bertz CT molecular complexity index is 344. The third-order valence-corrected chi connectivity index (χ3v) is 3.78. The summed E-state index contributed by atoms with van der Waals surface area (Å²) in [6, 6.07) is 0. The van der Waals surface area contributed by atoms with Crippen LogP contribution in [0.25, 0.3) is 0 Å². The van der Waals surface area contributed by atoms with Gasteiger partial charge in [-0.3, -0.25) is 0 Å². The topological polar surface area (TPSA) is 52.0 Å². The monoisotopic (exact) mass is 238 g/mol. The first-order valence-corrected chi connectivity index (χ1v) is 6.40. The Morgan fingerprint density at radius 3 is 3.12 bits per heavy atom. The van der Waals surface area contributed by atoms with Crippen molar-refractivity contribution in [2.45, 2.75) is 38.1 Å². The molecule has 1 atom stereocenters. The molecule has 0 spiro atoms. The molecular weight excluding hydrogens is 216 g/mol. The molecule has 1 aromatic heterocycles. The zero-order valence-corrected chi connectivity index (χ0v) is 10.8. The zero-order valence-electron chi connectivity index (χ0n) is 10.8. The van der Waals surface area contributed by atoms with Gasteiger partial charge in [0.2, 0.25) is 0 Å². The predicted octanol–water partition coefficient (Wildman–Crippen LogP) is 0.956. The number of piperidine rings is 1. The average Bonchev–Trinajstić information content (AvgIpc) is 2.86. The Labute approximate surface area is 103 Å². The van der Waals surface area contributed by atoms with Crippen LogP contribution in [-0.4, -0.2) is 41.6 Å². The van der Waals surface area contributed by atoms with Gasteiger partial charge in [-0.05, 0) is 25.8 Å². The van der Waals surface area contributed by atoms with E-state index in [4.69, 9.17) is 4.74 Å². The van der Waals surface area contributed by atoms with E-state index in [1.54, 1.807) is 7.11 Å². The van der Waals surface area contributed by atoms with E-state index in [-0.39, 0.29) is 5.41 Å². The molecule has 0 aromatic carbocycles. The van der Waals surface area contributed by atoms with Gasteiger partial charge in [-0.2, -0.15) is 0 Å². The minimum atomic E-state index is 0.155. The van der Waals surface area contributed by atoms with Crippen LogP contribution < -0.4 is 5.32 Å². The molecule has 0 bridgehead atoms. The van der Waals surface area contributed by atoms with E-state index in [1.165, 1.54) is 12.8 Å². The highest BCUT2D eigenvalue weighted by Gasteiger charge is 2.36. The summed E-state index contributed by atoms with van der Waals surface area (Å²) in [6.07, 6.45) is 5.33. The van der Waals surface area contributed by atoms with Crippen LogP contribution in [0.5, 0.6) is 0 Å². The van der Waals surface area contributed by atoms with Crippen LogP contribution in [0.3, 0.4) is 0 Å². The van der Waals surface area contributed by atoms with Crippen LogP contribution in [0.4, 0.5) is 0 Å². The molecule has 17 heavy (non-hydrogen) atoms. The lowest BCUT2D eigenvalue weighted by Crippen LogP contribution is -2.44. The fourth-order valence-electron chi connectivity index (χ4n) is 2.64. The van der Waals surface area contributed by atoms with E-state index in [0.29, 0.717) is 6.61 Å². The molecule has 1 N–H and O–H groups in total. The van der Waals surface area contributed by atoms with Crippen molar-refractivity contribution in [3.8, 4) is 0 Å². The van der Waals surface area contributed by atoms with Crippen LogP contribution in [0, 0.1) is 0 Å². The molecule has 1 aromatic rings. The number of hydrogen-bond acceptors (Lipinski definition) is 4. The Hall–Kier alpha value is -0.940. The Kier molecular flexibility index (Phi) is 4.12. The van der Waals surface area contributed by atoms with Crippen LogP contribution in [0.15, 0.2) is 6.33 Å². The highest BCUT2D eigenvalue weighted by atomic mass is 16.5. The lowest BCUT2D eigenvalue weighted by molar-refractivity contribution is 0.182. The van der Waals surface area contributed by atoms with Crippen molar-refractivity contribution < 1.29 is 4.74 Å². The molecule has 1 aliphatic heterocycles. The number of methoxy groups -OCH3 is 1. The summed E-state index contributed by atoms with van der Waals surface area (Å²) in [5.41, 5.74) is 0.155. The molecule has 0 amide bonds. The summed E-state index contributed by atoms with van der Waals surface area (Å²) < 4.78 is 7.27. The number of aromatic nitrogens is 3. The Balaban J connectivity index is 2.20. The van der Waals surface area contributed by atoms with E-state index in [2.05, 4.69) is 27.0 Å². The van der Waals surface area contributed by atoms with Crippen molar-refractivity contribution in [1.29, 1.82) is 0 Å². The van der Waals surface area contributed by atoms with Crippen molar-refractivity contribution >= 4 is 0 Å². The van der Waals surface area contributed by atoms with Gasteiger partial charge in [0, 0.05) is 25.6 Å². The molecular formula is C12H22N4O. The first-order chi connectivity index (χ1) is 8.32. The lowest BCUT2D eigenvalue weighted by Gasteiger charge is -2.36. The summed E-state index contributed by atoms with van der Waals surface area (Å²) >= 11 is 0. The van der Waals surface area contributed by atoms with Gasteiger partial charge in [-0.15, -0.1) is 10.2 Å². The van der Waals surface area contributed by atoms with Crippen molar-refractivity contribution in [1.82, 2.24) is 20.1 Å². The smallest absolute Gasteiger partial charge is 0.140 e. The normalized spacial score (nSPS) is 25.1. The molecule has 1 unspecified atom stereocenters. The minimum absolute atomic E-state index is 0.155. The number of hydrogen-bond donors (Lipinski definition) is 1. The minimum Gasteiger partial charge on any atom is -0.383 e. The summed E-state index contributed by atoms with van der Waals surface area (Å²) in [7, 11) is 1.72. The predicted molar refractivity (Wildman–Crippen MR) is 66.0 cm³/mol. The van der Waals surface area contributed by atoms with Gasteiger partial charge in [-0.25, -0.2) is 0 Å². The van der Waals surface area contributed by atoms with Crippen molar-refractivity contribution in [3.63, 3.8) is 0 Å². The molecule has 96 valence electrons. The molecule has 0 aliphatic carbocycles. The van der Waals surface area contributed by atoms with Crippen molar-refractivity contribution in [3.05, 3.63) is 12.2 Å². The number of ether oxygens (including phenoxy) is 1. The fourth-order valence-corrected chi connectivity index (χ4v) is 2.64. The second-order valence-corrected chi connectivity index (χ2v) is 4.75. The van der Waals surface area contributed by atoms with E-state index in [1.807, 2.05) is 6.33 Å². The Morgan fingerprint density at radius 2 is 2.47 bits per heavy atom. The van der Waals surface area contributed by atoms with Crippen molar-refractivity contribution in [2.24, 2.45) is 0 Å². The number of nitrogens with zero attached hydrogens (tertiary/aromatic N) is 3. The molecule has 1 saturated heterocycles. The second-order valence-electron chi connectivity index (χ2n) is 4.75. The van der Waals surface area contributed by atoms with Gasteiger partial charge in [0.05, 0.1) is 6.61 Å². The standard InChI is InChI=1S/C12H22N4O/c1-3-12(5-4-6-13-9-12)11-15-14-10-16(11)7-8-17-2/h10,13H,3-9H2,1-2H3. The molecule has 5 heteroatoms. The second kappa shape index (κ2) is 5.60. The summed E-state index contributed by atoms with van der Waals surface area (Å²) in [6.45, 7) is 5.91. The van der Waals surface area contributed by atoms with Crippen LogP contribution >= 0.6 is 0 Å². The fraction of sp³-hybridized carbons (Fsp3) is 0.833. The first-order valence-electron chi connectivity index (χ1n) is 6.40. The summed E-state index contributed by atoms with van der Waals surface area (Å²) in [5, 5.41) is 11.9. The third kappa shape index (κ3) is 2.50. The molecule has 5 nitrogen and oxygen atoms in total.